The summed E-state index contributed by atoms with van der Waals surface area (Å²) in [7, 11) is 0. The molecule has 3 atom stereocenters. The van der Waals surface area contributed by atoms with Crippen molar-refractivity contribution >= 4 is 17.5 Å². The molecule has 1 aliphatic carbocycles. The van der Waals surface area contributed by atoms with Crippen LogP contribution in [0.3, 0.4) is 0 Å². The van der Waals surface area contributed by atoms with Gasteiger partial charge in [0, 0.05) is 44.6 Å². The molecule has 0 spiro atoms. The van der Waals surface area contributed by atoms with Crippen molar-refractivity contribution < 1.29 is 19.4 Å². The third-order valence-electron chi connectivity index (χ3n) is 10.5. The van der Waals surface area contributed by atoms with E-state index in [4.69, 9.17) is 4.74 Å². The number of rotatable bonds is 11. The summed E-state index contributed by atoms with van der Waals surface area (Å²) in [4.78, 5) is 41.0. The van der Waals surface area contributed by atoms with Gasteiger partial charge in [-0.1, -0.05) is 63.4 Å². The molecule has 10 nitrogen and oxygen atoms in total. The molecule has 1 aromatic heterocycles. The number of amides is 2. The van der Waals surface area contributed by atoms with Gasteiger partial charge in [-0.25, -0.2) is 4.68 Å². The average Bonchev–Trinajstić information content (AvgIpc) is 3.14. The number of unbranched alkanes of at least 4 members (excludes halogenated alkanes) is 2. The predicted octanol–water partition coefficient (Wildman–Crippen LogP) is 6.43. The normalized spacial score (nSPS) is 20.2. The zero-order valence-electron chi connectivity index (χ0n) is 28.4. The molecular weight excluding hydrogens is 654 g/mol. The second kappa shape index (κ2) is 17.5. The van der Waals surface area contributed by atoms with Crippen LogP contribution in [0.25, 0.3) is 0 Å². The van der Waals surface area contributed by atoms with Crippen molar-refractivity contribution in [2.24, 2.45) is 0 Å². The lowest BCUT2D eigenvalue weighted by atomic mass is 9.69. The van der Waals surface area contributed by atoms with E-state index in [0.29, 0.717) is 18.3 Å². The summed E-state index contributed by atoms with van der Waals surface area (Å²) in [5.41, 5.74) is 5.59. The average molecular weight is 708 g/mol. The van der Waals surface area contributed by atoms with E-state index in [1.165, 1.54) is 26.9 Å². The summed E-state index contributed by atoms with van der Waals surface area (Å²) in [6.45, 7) is 5.16. The number of ether oxygens (including phenoxy) is 1. The van der Waals surface area contributed by atoms with Crippen molar-refractivity contribution in [3.8, 4) is 11.5 Å². The summed E-state index contributed by atoms with van der Waals surface area (Å²) in [5, 5.41) is 16.7. The molecule has 4 aromatic rings. The van der Waals surface area contributed by atoms with Crippen molar-refractivity contribution in [3.63, 3.8) is 0 Å². The Bertz CT molecular complexity index is 1850. The molecule has 1 unspecified atom stereocenters. The molecule has 276 valence electrons. The predicted molar refractivity (Wildman–Crippen MR) is 205 cm³/mol. The highest BCUT2D eigenvalue weighted by molar-refractivity contribution is 5.99. The lowest BCUT2D eigenvalue weighted by molar-refractivity contribution is -0.136. The molecule has 52 heavy (non-hydrogen) atoms. The highest BCUT2D eigenvalue weighted by atomic mass is 16.5. The van der Waals surface area contributed by atoms with Gasteiger partial charge in [-0.05, 0) is 97.5 Å². The number of aromatic nitrogens is 2. The van der Waals surface area contributed by atoms with Crippen LogP contribution in [-0.4, -0.2) is 70.9 Å². The standard InChI is InChI=1S/C40H45N5O5.2CH4/c46-32-12-16-35-30(25-32)11-15-34(28-7-3-1-4-8-28)39(35)29-9-13-33(14-10-29)50-24-6-2-5-19-43-20-22-44(23-21-43)31-26-38(48)45(41-27-31)36-17-18-37(47)42-40(36)49;;/h1,3-4,7-10,12-14,16,25-27,34,36,39,46H,2,5-6,11,15,17-24H2,(H,42,47,49);2*1H4/t34-,36?,39+;;/m1../s1. The molecule has 0 bridgehead atoms. The zero-order valence-corrected chi connectivity index (χ0v) is 28.4. The van der Waals surface area contributed by atoms with Gasteiger partial charge in [-0.3, -0.25) is 24.6 Å². The number of hydrogen-bond donors (Lipinski definition) is 2. The van der Waals surface area contributed by atoms with Crippen LogP contribution in [0, 0.1) is 0 Å². The monoisotopic (exact) mass is 707 g/mol. The minimum Gasteiger partial charge on any atom is -0.508 e. The fourth-order valence-corrected chi connectivity index (χ4v) is 7.81. The number of aryl methyl sites for hydroxylation is 1. The van der Waals surface area contributed by atoms with Crippen LogP contribution in [-0.2, 0) is 16.0 Å². The van der Waals surface area contributed by atoms with Crippen LogP contribution >= 0.6 is 0 Å². The molecule has 2 N–H and O–H groups in total. The maximum atomic E-state index is 12.8. The molecule has 3 aliphatic rings. The summed E-state index contributed by atoms with van der Waals surface area (Å²) in [5.74, 6) is 1.04. The number of imide groups is 1. The fourth-order valence-electron chi connectivity index (χ4n) is 7.81. The SMILES string of the molecule is C.C.O=C1CCC(n2ncc(N3CCN(CCCCCOc4ccc([C@@H]5c6ccc(O)cc6CC[C@@H]5c5ccccc5)cc4)CC3)cc2=O)C(=O)N1. The number of piperazine rings is 1. The first-order chi connectivity index (χ1) is 24.4. The fraction of sp³-hybridized carbons (Fsp3) is 0.429. The number of hydrogen-bond acceptors (Lipinski definition) is 8. The quantitative estimate of drug-likeness (QED) is 0.135. The van der Waals surface area contributed by atoms with E-state index in [1.54, 1.807) is 12.3 Å². The Morgan fingerprint density at radius 2 is 1.58 bits per heavy atom. The zero-order chi connectivity index (χ0) is 34.5. The smallest absolute Gasteiger partial charge is 0.269 e. The van der Waals surface area contributed by atoms with E-state index < -0.39 is 11.9 Å². The van der Waals surface area contributed by atoms with Gasteiger partial charge in [0.25, 0.3) is 11.5 Å². The Labute approximate surface area is 307 Å². The van der Waals surface area contributed by atoms with E-state index in [0.717, 1.165) is 76.3 Å². The number of carbonyl (C=O) groups excluding carboxylic acids is 2. The van der Waals surface area contributed by atoms with E-state index in [9.17, 15) is 19.5 Å². The Kier molecular flexibility index (Phi) is 12.9. The van der Waals surface area contributed by atoms with Crippen molar-refractivity contribution in [2.45, 2.75) is 77.7 Å². The minimum atomic E-state index is -0.743. The number of piperidine rings is 1. The maximum Gasteiger partial charge on any atom is 0.269 e. The van der Waals surface area contributed by atoms with E-state index in [-0.39, 0.29) is 45.1 Å². The van der Waals surface area contributed by atoms with E-state index in [1.807, 2.05) is 12.1 Å². The van der Waals surface area contributed by atoms with Gasteiger partial charge in [0.1, 0.15) is 17.5 Å². The molecule has 2 saturated heterocycles. The molecule has 10 heteroatoms. The van der Waals surface area contributed by atoms with Gasteiger partial charge in [0.15, 0.2) is 0 Å². The first-order valence-electron chi connectivity index (χ1n) is 17.9. The number of nitrogens with zero attached hydrogens (tertiary/aromatic N) is 4. The summed E-state index contributed by atoms with van der Waals surface area (Å²) in [6, 6.07) is 26.0. The summed E-state index contributed by atoms with van der Waals surface area (Å²) >= 11 is 0. The van der Waals surface area contributed by atoms with Crippen LogP contribution < -0.4 is 20.5 Å². The van der Waals surface area contributed by atoms with Crippen LogP contribution in [0.4, 0.5) is 5.69 Å². The van der Waals surface area contributed by atoms with E-state index in [2.05, 4.69) is 80.9 Å². The topological polar surface area (TPSA) is 117 Å². The van der Waals surface area contributed by atoms with E-state index >= 15 is 0 Å². The lowest BCUT2D eigenvalue weighted by Gasteiger charge is -2.36. The Morgan fingerprint density at radius 1 is 0.808 bits per heavy atom. The molecule has 7 rings (SSSR count). The minimum absolute atomic E-state index is 0. The Hall–Kier alpha value is -4.96. The van der Waals surface area contributed by atoms with Gasteiger partial charge in [0.2, 0.25) is 5.91 Å². The highest BCUT2D eigenvalue weighted by Gasteiger charge is 2.32. The molecule has 2 fully saturated rings. The van der Waals surface area contributed by atoms with Gasteiger partial charge in [-0.2, -0.15) is 5.10 Å². The third kappa shape index (κ3) is 8.73. The van der Waals surface area contributed by atoms with Crippen LogP contribution in [0.1, 0.15) is 93.5 Å². The third-order valence-corrected chi connectivity index (χ3v) is 10.5. The first kappa shape index (κ1) is 38.3. The maximum absolute atomic E-state index is 12.8. The van der Waals surface area contributed by atoms with Gasteiger partial charge >= 0.3 is 0 Å². The first-order valence-corrected chi connectivity index (χ1v) is 17.9. The number of phenolic OH excluding ortho intramolecular Hbond substituents is 1. The van der Waals surface area contributed by atoms with Crippen molar-refractivity contribution in [1.82, 2.24) is 20.0 Å². The van der Waals surface area contributed by atoms with Crippen molar-refractivity contribution in [2.75, 3.05) is 44.2 Å². The molecule has 0 radical (unpaired) electrons. The lowest BCUT2D eigenvalue weighted by Crippen LogP contribution is -2.47. The summed E-state index contributed by atoms with van der Waals surface area (Å²) < 4.78 is 7.33. The molecule has 3 heterocycles. The molecule has 2 aliphatic heterocycles. The number of nitrogens with one attached hydrogen (secondary N) is 1. The number of phenols is 1. The highest BCUT2D eigenvalue weighted by Crippen LogP contribution is 2.47. The van der Waals surface area contributed by atoms with Crippen molar-refractivity contribution in [1.29, 1.82) is 0 Å². The number of fused-ring (bicyclic) bond motifs is 1. The largest absolute Gasteiger partial charge is 0.508 e. The van der Waals surface area contributed by atoms with Crippen LogP contribution in [0.15, 0.2) is 89.9 Å². The number of carbonyl (C=O) groups is 2. The van der Waals surface area contributed by atoms with Crippen LogP contribution in [0.2, 0.25) is 0 Å². The molecule has 0 saturated carbocycles. The van der Waals surface area contributed by atoms with Gasteiger partial charge < -0.3 is 14.7 Å². The Balaban J connectivity index is 0.00000261. The van der Waals surface area contributed by atoms with Crippen molar-refractivity contribution in [3.05, 3.63) is 118 Å². The number of anilines is 1. The molecule has 3 aromatic carbocycles. The molecular formula is C42H53N5O5. The van der Waals surface area contributed by atoms with Gasteiger partial charge in [-0.15, -0.1) is 0 Å². The summed E-state index contributed by atoms with van der Waals surface area (Å²) in [6.07, 6.45) is 7.32. The Morgan fingerprint density at radius 3 is 2.31 bits per heavy atom. The number of aromatic hydroxyl groups is 1. The van der Waals surface area contributed by atoms with Gasteiger partial charge in [0.05, 0.1) is 18.5 Å². The van der Waals surface area contributed by atoms with Crippen LogP contribution in [0.5, 0.6) is 11.5 Å². The number of benzene rings is 3. The second-order valence-electron chi connectivity index (χ2n) is 13.7. The second-order valence-corrected chi connectivity index (χ2v) is 13.7. The molecule has 2 amide bonds.